The summed E-state index contributed by atoms with van der Waals surface area (Å²) in [5.41, 5.74) is 5.17. The summed E-state index contributed by atoms with van der Waals surface area (Å²) >= 11 is 1.39. The molecule has 0 fully saturated rings. The van der Waals surface area contributed by atoms with Crippen LogP contribution in [0.25, 0.3) is 21.8 Å². The first-order valence-corrected chi connectivity index (χ1v) is 13.0. The maximum atomic E-state index is 14.1. The van der Waals surface area contributed by atoms with E-state index in [1.165, 1.54) is 11.3 Å². The summed E-state index contributed by atoms with van der Waals surface area (Å²) < 4.78 is 33.1. The van der Waals surface area contributed by atoms with Crippen molar-refractivity contribution < 1.29 is 23.1 Å². The van der Waals surface area contributed by atoms with Gasteiger partial charge in [0.15, 0.2) is 5.78 Å². The fraction of sp³-hybridized carbons (Fsp3) is 0.0690. The van der Waals surface area contributed by atoms with Crippen LogP contribution in [0.4, 0.5) is 26.1 Å². The number of carbonyl (C=O) groups excluding carboxylic acids is 2. The highest BCUT2D eigenvalue weighted by molar-refractivity contribution is 7.13. The molecule has 8 nitrogen and oxygen atoms in total. The van der Waals surface area contributed by atoms with Crippen LogP contribution in [0.2, 0.25) is 0 Å². The Kier molecular flexibility index (Phi) is 7.99. The van der Waals surface area contributed by atoms with Crippen molar-refractivity contribution in [3.05, 3.63) is 101 Å². The first kappa shape index (κ1) is 27.8. The zero-order valence-electron chi connectivity index (χ0n) is 21.1. The number of anilines is 3. The van der Waals surface area contributed by atoms with Gasteiger partial charge in [-0.15, -0.1) is 23.7 Å². The summed E-state index contributed by atoms with van der Waals surface area (Å²) in [6, 6.07) is 16.9. The minimum atomic E-state index is -0.817. The third-order valence-electron chi connectivity index (χ3n) is 6.12. The first-order valence-electron chi connectivity index (χ1n) is 12.1. The summed E-state index contributed by atoms with van der Waals surface area (Å²) in [5, 5.41) is 5.79. The monoisotopic (exact) mass is 591 g/mol. The van der Waals surface area contributed by atoms with Crippen LogP contribution < -0.4 is 15.4 Å². The van der Waals surface area contributed by atoms with Crippen LogP contribution in [0.1, 0.15) is 15.9 Å². The lowest BCUT2D eigenvalue weighted by Gasteiger charge is -2.17. The van der Waals surface area contributed by atoms with Crippen molar-refractivity contribution in [2.45, 2.75) is 6.42 Å². The van der Waals surface area contributed by atoms with Gasteiger partial charge in [-0.2, -0.15) is 0 Å². The van der Waals surface area contributed by atoms with Crippen molar-refractivity contribution in [1.29, 1.82) is 0 Å². The standard InChI is InChI=1S/C29H19F2N5O3S.ClH/c30-18-4-6-23(31)22(13-18)28(38)34-19-3-1-2-16(10-19)26-27(40-15-33-26)24-8-9-32-29(36-24)35-20-5-7-25-17(11-20)12-21(37)14-39-25;/h1-11,13,15H,12,14H2,(H,34,38)(H,32,35,36);1H. The Morgan fingerprint density at radius 2 is 1.85 bits per heavy atom. The highest BCUT2D eigenvalue weighted by Crippen LogP contribution is 2.35. The van der Waals surface area contributed by atoms with Gasteiger partial charge in [0.25, 0.3) is 5.91 Å². The van der Waals surface area contributed by atoms with E-state index in [0.717, 1.165) is 34.3 Å². The van der Waals surface area contributed by atoms with E-state index in [2.05, 4.69) is 25.6 Å². The van der Waals surface area contributed by atoms with Gasteiger partial charge in [0.1, 0.15) is 24.0 Å². The molecule has 2 aromatic heterocycles. The van der Waals surface area contributed by atoms with E-state index in [0.29, 0.717) is 40.8 Å². The number of nitrogens with one attached hydrogen (secondary N) is 2. The number of Topliss-reactive ketones (excluding diaryl/α,β-unsaturated/α-hetero) is 1. The molecule has 0 saturated carbocycles. The first-order chi connectivity index (χ1) is 19.4. The van der Waals surface area contributed by atoms with Gasteiger partial charge < -0.3 is 15.4 Å². The van der Waals surface area contributed by atoms with Gasteiger partial charge in [0, 0.05) is 35.1 Å². The second-order valence-corrected chi connectivity index (χ2v) is 9.76. The number of aromatic nitrogens is 3. The Labute approximate surface area is 242 Å². The van der Waals surface area contributed by atoms with E-state index in [9.17, 15) is 18.4 Å². The molecule has 41 heavy (non-hydrogen) atoms. The molecular formula is C29H20ClF2N5O3S. The van der Waals surface area contributed by atoms with E-state index < -0.39 is 17.5 Å². The van der Waals surface area contributed by atoms with E-state index >= 15 is 0 Å². The number of carbonyl (C=O) groups is 2. The Bertz CT molecular complexity index is 1780. The molecule has 5 aromatic rings. The summed E-state index contributed by atoms with van der Waals surface area (Å²) in [5.74, 6) is -1.22. The molecule has 0 atom stereocenters. The number of amides is 1. The Morgan fingerprint density at radius 3 is 2.73 bits per heavy atom. The number of hydrogen-bond acceptors (Lipinski definition) is 8. The molecule has 3 aromatic carbocycles. The molecule has 6 rings (SSSR count). The zero-order valence-corrected chi connectivity index (χ0v) is 22.7. The van der Waals surface area contributed by atoms with Gasteiger partial charge in [-0.3, -0.25) is 9.59 Å². The van der Waals surface area contributed by atoms with Crippen LogP contribution in [0.15, 0.2) is 78.4 Å². The van der Waals surface area contributed by atoms with Gasteiger partial charge >= 0.3 is 0 Å². The fourth-order valence-electron chi connectivity index (χ4n) is 4.28. The minimum Gasteiger partial charge on any atom is -0.486 e. The molecule has 12 heteroatoms. The largest absolute Gasteiger partial charge is 0.486 e. The van der Waals surface area contributed by atoms with Crippen molar-refractivity contribution in [1.82, 2.24) is 15.0 Å². The number of rotatable bonds is 6. The van der Waals surface area contributed by atoms with Crippen LogP contribution in [0, 0.1) is 11.6 Å². The molecule has 0 aliphatic carbocycles. The van der Waals surface area contributed by atoms with Crippen LogP contribution in [0.3, 0.4) is 0 Å². The molecule has 3 heterocycles. The van der Waals surface area contributed by atoms with Crippen LogP contribution >= 0.6 is 23.7 Å². The van der Waals surface area contributed by atoms with Crippen molar-refractivity contribution in [2.24, 2.45) is 0 Å². The predicted octanol–water partition coefficient (Wildman–Crippen LogP) is 6.47. The van der Waals surface area contributed by atoms with Crippen molar-refractivity contribution >= 4 is 52.8 Å². The Hall–Kier alpha value is -4.74. The molecule has 0 saturated heterocycles. The number of halogens is 3. The van der Waals surface area contributed by atoms with Gasteiger partial charge in [-0.1, -0.05) is 12.1 Å². The lowest BCUT2D eigenvalue weighted by Crippen LogP contribution is -2.20. The highest BCUT2D eigenvalue weighted by atomic mass is 35.5. The predicted molar refractivity (Wildman–Crippen MR) is 154 cm³/mol. The van der Waals surface area contributed by atoms with Gasteiger partial charge in [-0.05, 0) is 54.6 Å². The lowest BCUT2D eigenvalue weighted by atomic mass is 10.0. The molecule has 0 bridgehead atoms. The number of hydrogen-bond donors (Lipinski definition) is 2. The normalized spacial score (nSPS) is 12.1. The van der Waals surface area contributed by atoms with E-state index in [1.807, 2.05) is 24.3 Å². The highest BCUT2D eigenvalue weighted by Gasteiger charge is 2.18. The number of benzene rings is 3. The van der Waals surface area contributed by atoms with E-state index in [-0.39, 0.29) is 30.4 Å². The number of thiazole rings is 1. The van der Waals surface area contributed by atoms with Gasteiger partial charge in [0.2, 0.25) is 5.95 Å². The topological polar surface area (TPSA) is 106 Å². The van der Waals surface area contributed by atoms with Crippen molar-refractivity contribution in [3.63, 3.8) is 0 Å². The Balaban J connectivity index is 0.00000337. The summed E-state index contributed by atoms with van der Waals surface area (Å²) in [4.78, 5) is 38.6. The quantitative estimate of drug-likeness (QED) is 0.233. The zero-order chi connectivity index (χ0) is 27.6. The molecule has 1 amide bonds. The van der Waals surface area contributed by atoms with Gasteiger partial charge in [0.05, 0.1) is 27.3 Å². The van der Waals surface area contributed by atoms with Crippen LogP contribution in [-0.4, -0.2) is 33.2 Å². The van der Waals surface area contributed by atoms with Crippen LogP contribution in [0.5, 0.6) is 5.75 Å². The molecular weight excluding hydrogens is 572 g/mol. The second-order valence-electron chi connectivity index (χ2n) is 8.91. The molecule has 0 spiro atoms. The lowest BCUT2D eigenvalue weighted by molar-refractivity contribution is -0.121. The van der Waals surface area contributed by atoms with Crippen molar-refractivity contribution in [3.8, 4) is 27.6 Å². The maximum Gasteiger partial charge on any atom is 0.258 e. The summed E-state index contributed by atoms with van der Waals surface area (Å²) in [7, 11) is 0. The van der Waals surface area contributed by atoms with Crippen molar-refractivity contribution in [2.75, 3.05) is 17.2 Å². The van der Waals surface area contributed by atoms with E-state index in [1.54, 1.807) is 36.0 Å². The second kappa shape index (κ2) is 11.8. The molecule has 0 unspecified atom stereocenters. The molecule has 0 radical (unpaired) electrons. The average molecular weight is 592 g/mol. The Morgan fingerprint density at radius 1 is 0.976 bits per heavy atom. The summed E-state index contributed by atoms with van der Waals surface area (Å²) in [6.45, 7) is 0.0863. The van der Waals surface area contributed by atoms with E-state index in [4.69, 9.17) is 4.74 Å². The van der Waals surface area contributed by atoms with Gasteiger partial charge in [-0.25, -0.2) is 23.7 Å². The minimum absolute atomic E-state index is 0. The maximum absolute atomic E-state index is 14.1. The molecule has 1 aliphatic rings. The molecule has 206 valence electrons. The average Bonchev–Trinajstić information content (AvgIpc) is 3.45. The number of nitrogens with zero attached hydrogens (tertiary/aromatic N) is 3. The van der Waals surface area contributed by atoms with Crippen LogP contribution in [-0.2, 0) is 11.2 Å². The third kappa shape index (κ3) is 6.06. The number of ketones is 1. The SMILES string of the molecule is Cl.O=C1COc2ccc(Nc3nccc(-c4scnc4-c4cccc(NC(=O)c5cc(F)ccc5F)c4)n3)cc2C1. The summed E-state index contributed by atoms with van der Waals surface area (Å²) in [6.07, 6.45) is 1.94. The molecule has 2 N–H and O–H groups in total. The number of fused-ring (bicyclic) bond motifs is 1. The number of ether oxygens (including phenoxy) is 1. The third-order valence-corrected chi connectivity index (χ3v) is 6.96. The smallest absolute Gasteiger partial charge is 0.258 e. The molecule has 1 aliphatic heterocycles. The fourth-order valence-corrected chi connectivity index (χ4v) is 5.06.